The van der Waals surface area contributed by atoms with Crippen LogP contribution in [0.5, 0.6) is 11.5 Å². The van der Waals surface area contributed by atoms with Gasteiger partial charge in [-0.1, -0.05) is 33.6 Å². The number of nitrogens with one attached hydrogen (secondary N) is 1. The van der Waals surface area contributed by atoms with Gasteiger partial charge in [0.15, 0.2) is 11.5 Å². The predicted molar refractivity (Wildman–Crippen MR) is 118 cm³/mol. The quantitative estimate of drug-likeness (QED) is 0.365. The maximum absolute atomic E-state index is 14.0. The fourth-order valence-electron chi connectivity index (χ4n) is 2.65. The van der Waals surface area contributed by atoms with Crippen LogP contribution in [0.2, 0.25) is 5.02 Å². The van der Waals surface area contributed by atoms with Crippen LogP contribution in [0.25, 0.3) is 0 Å². The van der Waals surface area contributed by atoms with Gasteiger partial charge in [0.1, 0.15) is 12.4 Å². The van der Waals surface area contributed by atoms with Gasteiger partial charge in [-0.05, 0) is 63.6 Å². The first kappa shape index (κ1) is 23.9. The van der Waals surface area contributed by atoms with Gasteiger partial charge in [-0.25, -0.2) is 4.39 Å². The molecule has 2 rings (SSSR count). The molecule has 2 aromatic rings. The van der Waals surface area contributed by atoms with Gasteiger partial charge >= 0.3 is 0 Å². The molecule has 0 amide bonds. The van der Waals surface area contributed by atoms with Crippen LogP contribution >= 0.6 is 27.5 Å². The summed E-state index contributed by atoms with van der Waals surface area (Å²) in [6, 6.07) is 8.36. The van der Waals surface area contributed by atoms with E-state index in [0.717, 1.165) is 29.6 Å². The van der Waals surface area contributed by atoms with Crippen molar-refractivity contribution in [3.63, 3.8) is 0 Å². The summed E-state index contributed by atoms with van der Waals surface area (Å²) in [5.41, 5.74) is 1.37. The van der Waals surface area contributed by atoms with Crippen molar-refractivity contribution in [3.05, 3.63) is 56.8 Å². The lowest BCUT2D eigenvalue weighted by molar-refractivity contribution is 0.0770. The fraction of sp³-hybridized carbons (Fsp3) is 0.455. The molecular formula is C22H28BrClFNO3. The molecule has 0 bridgehead atoms. The van der Waals surface area contributed by atoms with E-state index in [1.807, 2.05) is 32.9 Å². The molecule has 0 radical (unpaired) electrons. The van der Waals surface area contributed by atoms with Crippen LogP contribution in [0.1, 0.15) is 38.3 Å². The molecule has 0 aliphatic rings. The number of halogens is 3. The second-order valence-electron chi connectivity index (χ2n) is 6.76. The van der Waals surface area contributed by atoms with Gasteiger partial charge in [-0.15, -0.1) is 0 Å². The zero-order valence-corrected chi connectivity index (χ0v) is 19.4. The molecule has 0 aliphatic carbocycles. The van der Waals surface area contributed by atoms with E-state index in [9.17, 15) is 4.39 Å². The normalized spacial score (nSPS) is 11.1. The van der Waals surface area contributed by atoms with Gasteiger partial charge in [-0.2, -0.15) is 0 Å². The van der Waals surface area contributed by atoms with Gasteiger partial charge in [0.2, 0.25) is 0 Å². The molecule has 0 fully saturated rings. The standard InChI is InChI=1S/C22H28BrClFNO3/c1-4-27-21-11-16(13-26-9-6-10-28-15(2)3)18(23)12-22(21)29-14-17-19(24)7-5-8-20(17)25/h5,7-8,11-12,15,26H,4,6,9-10,13-14H2,1-3H3. The SMILES string of the molecule is CCOc1cc(CNCCCOC(C)C)c(Br)cc1OCc1c(F)cccc1Cl. The largest absolute Gasteiger partial charge is 0.490 e. The lowest BCUT2D eigenvalue weighted by Gasteiger charge is -2.16. The van der Waals surface area contributed by atoms with Gasteiger partial charge in [0.25, 0.3) is 0 Å². The van der Waals surface area contributed by atoms with Crippen LogP contribution in [0, 0.1) is 5.82 Å². The first-order valence-corrected chi connectivity index (χ1v) is 10.9. The van der Waals surface area contributed by atoms with Crippen molar-refractivity contribution in [2.45, 2.75) is 46.4 Å². The highest BCUT2D eigenvalue weighted by molar-refractivity contribution is 9.10. The fourth-order valence-corrected chi connectivity index (χ4v) is 3.33. The van der Waals surface area contributed by atoms with E-state index in [2.05, 4.69) is 21.2 Å². The monoisotopic (exact) mass is 487 g/mol. The van der Waals surface area contributed by atoms with Crippen molar-refractivity contribution in [3.8, 4) is 11.5 Å². The van der Waals surface area contributed by atoms with Crippen LogP contribution in [-0.2, 0) is 17.9 Å². The van der Waals surface area contributed by atoms with Crippen LogP contribution in [0.4, 0.5) is 4.39 Å². The summed E-state index contributed by atoms with van der Waals surface area (Å²) in [5, 5.41) is 3.74. The van der Waals surface area contributed by atoms with Crippen LogP contribution < -0.4 is 14.8 Å². The molecular weight excluding hydrogens is 461 g/mol. The molecule has 0 spiro atoms. The lowest BCUT2D eigenvalue weighted by Crippen LogP contribution is -2.17. The summed E-state index contributed by atoms with van der Waals surface area (Å²) in [6.45, 7) is 8.76. The number of ether oxygens (including phenoxy) is 3. The highest BCUT2D eigenvalue weighted by Crippen LogP contribution is 2.35. The van der Waals surface area contributed by atoms with Gasteiger partial charge in [0, 0.05) is 23.2 Å². The van der Waals surface area contributed by atoms with Crippen molar-refractivity contribution >= 4 is 27.5 Å². The lowest BCUT2D eigenvalue weighted by atomic mass is 10.2. The maximum Gasteiger partial charge on any atom is 0.162 e. The number of rotatable bonds is 12. The van der Waals surface area contributed by atoms with E-state index in [0.29, 0.717) is 35.2 Å². The second kappa shape index (κ2) is 12.4. The summed E-state index contributed by atoms with van der Waals surface area (Å²) in [6.07, 6.45) is 1.20. The third-order valence-electron chi connectivity index (χ3n) is 4.11. The Labute approximate surface area is 185 Å². The summed E-state index contributed by atoms with van der Waals surface area (Å²) >= 11 is 9.68. The Morgan fingerprint density at radius 3 is 2.62 bits per heavy atom. The van der Waals surface area contributed by atoms with E-state index in [-0.39, 0.29) is 12.7 Å². The zero-order valence-electron chi connectivity index (χ0n) is 17.1. The summed E-state index contributed by atoms with van der Waals surface area (Å²) in [4.78, 5) is 0. The Morgan fingerprint density at radius 1 is 1.17 bits per heavy atom. The zero-order chi connectivity index (χ0) is 21.2. The number of hydrogen-bond donors (Lipinski definition) is 1. The average Bonchev–Trinajstić information content (AvgIpc) is 2.66. The van der Waals surface area contributed by atoms with Crippen molar-refractivity contribution in [2.75, 3.05) is 19.8 Å². The van der Waals surface area contributed by atoms with E-state index in [4.69, 9.17) is 25.8 Å². The van der Waals surface area contributed by atoms with Crippen molar-refractivity contribution in [1.29, 1.82) is 0 Å². The average molecular weight is 489 g/mol. The predicted octanol–water partition coefficient (Wildman–Crippen LogP) is 6.12. The van der Waals surface area contributed by atoms with E-state index in [1.54, 1.807) is 12.1 Å². The molecule has 1 N–H and O–H groups in total. The molecule has 0 aliphatic heterocycles. The Balaban J connectivity index is 2.01. The minimum atomic E-state index is -0.392. The maximum atomic E-state index is 14.0. The van der Waals surface area contributed by atoms with Gasteiger partial charge < -0.3 is 19.5 Å². The minimum Gasteiger partial charge on any atom is -0.490 e. The molecule has 0 atom stereocenters. The second-order valence-corrected chi connectivity index (χ2v) is 8.02. The van der Waals surface area contributed by atoms with Crippen molar-refractivity contribution < 1.29 is 18.6 Å². The third-order valence-corrected chi connectivity index (χ3v) is 5.20. The molecule has 160 valence electrons. The Morgan fingerprint density at radius 2 is 1.93 bits per heavy atom. The molecule has 0 saturated carbocycles. The molecule has 4 nitrogen and oxygen atoms in total. The first-order chi connectivity index (χ1) is 13.9. The first-order valence-electron chi connectivity index (χ1n) is 9.75. The minimum absolute atomic E-state index is 0.0193. The van der Waals surface area contributed by atoms with E-state index < -0.39 is 5.82 Å². The topological polar surface area (TPSA) is 39.7 Å². The van der Waals surface area contributed by atoms with Crippen LogP contribution in [0.3, 0.4) is 0 Å². The molecule has 0 heterocycles. The highest BCUT2D eigenvalue weighted by atomic mass is 79.9. The van der Waals surface area contributed by atoms with Crippen molar-refractivity contribution in [1.82, 2.24) is 5.32 Å². The number of benzene rings is 2. The van der Waals surface area contributed by atoms with Crippen LogP contribution in [0.15, 0.2) is 34.8 Å². The molecule has 0 unspecified atom stereocenters. The molecule has 2 aromatic carbocycles. The Bertz CT molecular complexity index is 769. The molecule has 0 saturated heterocycles. The number of hydrogen-bond acceptors (Lipinski definition) is 4. The highest BCUT2D eigenvalue weighted by Gasteiger charge is 2.13. The summed E-state index contributed by atoms with van der Waals surface area (Å²) in [7, 11) is 0. The van der Waals surface area contributed by atoms with Crippen molar-refractivity contribution in [2.24, 2.45) is 0 Å². The molecule has 0 aromatic heterocycles. The Hall–Kier alpha value is -1.34. The third kappa shape index (κ3) is 7.78. The van der Waals surface area contributed by atoms with Crippen LogP contribution in [-0.4, -0.2) is 25.9 Å². The smallest absolute Gasteiger partial charge is 0.162 e. The summed E-state index contributed by atoms with van der Waals surface area (Å²) in [5.74, 6) is 0.757. The van der Waals surface area contributed by atoms with E-state index >= 15 is 0 Å². The summed E-state index contributed by atoms with van der Waals surface area (Å²) < 4.78 is 32.0. The van der Waals surface area contributed by atoms with Gasteiger partial charge in [0.05, 0.1) is 17.7 Å². The van der Waals surface area contributed by atoms with Gasteiger partial charge in [-0.3, -0.25) is 0 Å². The molecule has 29 heavy (non-hydrogen) atoms. The van der Waals surface area contributed by atoms with E-state index in [1.165, 1.54) is 6.07 Å². The molecule has 7 heteroatoms. The Kier molecular flexibility index (Phi) is 10.2.